The van der Waals surface area contributed by atoms with Crippen molar-refractivity contribution in [2.24, 2.45) is 0 Å². The number of imidazole rings is 1. The van der Waals surface area contributed by atoms with E-state index in [9.17, 15) is 0 Å². The molecule has 1 rings (SSSR count). The van der Waals surface area contributed by atoms with Gasteiger partial charge in [0.1, 0.15) is 12.1 Å². The van der Waals surface area contributed by atoms with Crippen LogP contribution in [0, 0.1) is 22.7 Å². The van der Waals surface area contributed by atoms with Crippen LogP contribution in [-0.2, 0) is 20.8 Å². The maximum Gasteiger partial charge on any atom is 0.176 e. The van der Waals surface area contributed by atoms with Crippen LogP contribution in [0.1, 0.15) is 11.4 Å². The monoisotopic (exact) mass is 264 g/mol. The molecule has 7 nitrogen and oxygen atoms in total. The quantitative estimate of drug-likeness (QED) is 0.596. The minimum absolute atomic E-state index is 0.144. The Kier molecular flexibility index (Phi) is 7.21. The Morgan fingerprint density at radius 1 is 1.11 bits per heavy atom. The van der Waals surface area contributed by atoms with Crippen LogP contribution in [-0.4, -0.2) is 49.7 Å². The van der Waals surface area contributed by atoms with E-state index in [0.717, 1.165) is 0 Å². The van der Waals surface area contributed by atoms with Crippen LogP contribution in [0.25, 0.3) is 0 Å². The molecule has 1 heterocycles. The number of rotatable bonds is 9. The van der Waals surface area contributed by atoms with Crippen LogP contribution < -0.4 is 0 Å². The van der Waals surface area contributed by atoms with Gasteiger partial charge in [0.15, 0.2) is 11.4 Å². The third-order valence-electron chi connectivity index (χ3n) is 2.33. The van der Waals surface area contributed by atoms with Crippen molar-refractivity contribution >= 4 is 0 Å². The highest BCUT2D eigenvalue weighted by Crippen LogP contribution is 2.04. The maximum absolute atomic E-state index is 8.91. The topological polar surface area (TPSA) is 93.1 Å². The molecule has 102 valence electrons. The van der Waals surface area contributed by atoms with Gasteiger partial charge in [0.2, 0.25) is 0 Å². The van der Waals surface area contributed by atoms with E-state index in [4.69, 9.17) is 24.7 Å². The molecule has 0 aromatic carbocycles. The first-order valence-corrected chi connectivity index (χ1v) is 5.83. The Morgan fingerprint density at radius 2 is 1.79 bits per heavy atom. The molecule has 0 saturated carbocycles. The van der Waals surface area contributed by atoms with Crippen molar-refractivity contribution in [2.45, 2.75) is 6.54 Å². The lowest BCUT2D eigenvalue weighted by atomic mass is 10.3. The van der Waals surface area contributed by atoms with Crippen molar-refractivity contribution in [3.63, 3.8) is 0 Å². The van der Waals surface area contributed by atoms with Crippen molar-refractivity contribution in [3.8, 4) is 12.1 Å². The van der Waals surface area contributed by atoms with Gasteiger partial charge in [-0.05, 0) is 0 Å². The van der Waals surface area contributed by atoms with Crippen molar-refractivity contribution in [1.82, 2.24) is 9.55 Å². The highest BCUT2D eigenvalue weighted by molar-refractivity contribution is 5.35. The SMILES string of the molecule is COCCOCCOCCn1cnc(C#N)c1C#N. The molecule has 0 aliphatic rings. The molecule has 19 heavy (non-hydrogen) atoms. The number of nitrogens with zero attached hydrogens (tertiary/aromatic N) is 4. The van der Waals surface area contributed by atoms with Gasteiger partial charge in [0, 0.05) is 13.7 Å². The lowest BCUT2D eigenvalue weighted by Crippen LogP contribution is -2.12. The van der Waals surface area contributed by atoms with Gasteiger partial charge in [-0.2, -0.15) is 10.5 Å². The van der Waals surface area contributed by atoms with Gasteiger partial charge >= 0.3 is 0 Å². The molecule has 1 aromatic heterocycles. The molecule has 1 aromatic rings. The molecule has 0 spiro atoms. The summed E-state index contributed by atoms with van der Waals surface area (Å²) in [7, 11) is 1.62. The van der Waals surface area contributed by atoms with E-state index in [-0.39, 0.29) is 11.4 Å². The van der Waals surface area contributed by atoms with Crippen molar-refractivity contribution < 1.29 is 14.2 Å². The average Bonchev–Trinajstić information content (AvgIpc) is 2.83. The zero-order valence-corrected chi connectivity index (χ0v) is 10.8. The van der Waals surface area contributed by atoms with Crippen LogP contribution in [0.15, 0.2) is 6.33 Å². The summed E-state index contributed by atoms with van der Waals surface area (Å²) in [6, 6.07) is 3.82. The molecule has 0 aliphatic heterocycles. The van der Waals surface area contributed by atoms with E-state index >= 15 is 0 Å². The first kappa shape index (κ1) is 15.1. The molecule has 0 aliphatic carbocycles. The zero-order chi connectivity index (χ0) is 13.9. The highest BCUT2D eigenvalue weighted by atomic mass is 16.5. The Balaban J connectivity index is 2.18. The lowest BCUT2D eigenvalue weighted by molar-refractivity contribution is 0.0230. The van der Waals surface area contributed by atoms with E-state index < -0.39 is 0 Å². The fourth-order valence-corrected chi connectivity index (χ4v) is 1.38. The fourth-order valence-electron chi connectivity index (χ4n) is 1.38. The Morgan fingerprint density at radius 3 is 2.42 bits per heavy atom. The summed E-state index contributed by atoms with van der Waals surface area (Å²) < 4.78 is 17.0. The van der Waals surface area contributed by atoms with Gasteiger partial charge in [-0.15, -0.1) is 0 Å². The summed E-state index contributed by atoms with van der Waals surface area (Å²) >= 11 is 0. The van der Waals surface area contributed by atoms with Crippen molar-refractivity contribution in [3.05, 3.63) is 17.7 Å². The second-order valence-corrected chi connectivity index (χ2v) is 3.58. The van der Waals surface area contributed by atoms with E-state index in [1.54, 1.807) is 11.7 Å². The maximum atomic E-state index is 8.91. The number of hydrogen-bond acceptors (Lipinski definition) is 6. The van der Waals surface area contributed by atoms with Gasteiger partial charge in [-0.3, -0.25) is 0 Å². The third-order valence-corrected chi connectivity index (χ3v) is 2.33. The summed E-state index contributed by atoms with van der Waals surface area (Å²) in [5.41, 5.74) is 0.410. The lowest BCUT2D eigenvalue weighted by Gasteiger charge is -2.06. The normalized spacial score (nSPS) is 10.1. The summed E-state index contributed by atoms with van der Waals surface area (Å²) in [6.45, 7) is 3.01. The van der Waals surface area contributed by atoms with E-state index in [2.05, 4.69) is 4.98 Å². The summed E-state index contributed by atoms with van der Waals surface area (Å²) in [5.74, 6) is 0. The Hall–Kier alpha value is -1.93. The molecule has 0 radical (unpaired) electrons. The van der Waals surface area contributed by atoms with Gasteiger partial charge < -0.3 is 18.8 Å². The summed E-state index contributed by atoms with van der Waals surface area (Å²) in [5, 5.41) is 17.6. The molecular formula is C12H16N4O3. The van der Waals surface area contributed by atoms with Crippen molar-refractivity contribution in [1.29, 1.82) is 10.5 Å². The van der Waals surface area contributed by atoms with Crippen LogP contribution in [0.4, 0.5) is 0 Å². The van der Waals surface area contributed by atoms with Crippen LogP contribution >= 0.6 is 0 Å². The number of methoxy groups -OCH3 is 1. The smallest absolute Gasteiger partial charge is 0.176 e. The average molecular weight is 264 g/mol. The predicted molar refractivity (Wildman–Crippen MR) is 65.2 cm³/mol. The van der Waals surface area contributed by atoms with E-state index in [1.807, 2.05) is 12.1 Å². The second kappa shape index (κ2) is 9.06. The Labute approximate surface area is 111 Å². The standard InChI is InChI=1S/C12H16N4O3/c1-17-4-5-19-7-6-18-3-2-16-10-15-11(8-13)12(16)9-14/h10H,2-7H2,1H3. The van der Waals surface area contributed by atoms with Crippen LogP contribution in [0.5, 0.6) is 0 Å². The molecule has 0 N–H and O–H groups in total. The zero-order valence-electron chi connectivity index (χ0n) is 10.8. The minimum atomic E-state index is 0.144. The van der Waals surface area contributed by atoms with E-state index in [0.29, 0.717) is 39.6 Å². The predicted octanol–water partition coefficient (Wildman–Crippen LogP) is 0.306. The molecule has 7 heteroatoms. The fraction of sp³-hybridized carbons (Fsp3) is 0.583. The number of hydrogen-bond donors (Lipinski definition) is 0. The molecule has 0 bridgehead atoms. The largest absolute Gasteiger partial charge is 0.382 e. The van der Waals surface area contributed by atoms with Crippen LogP contribution in [0.3, 0.4) is 0 Å². The van der Waals surface area contributed by atoms with E-state index in [1.165, 1.54) is 6.33 Å². The first-order valence-electron chi connectivity index (χ1n) is 5.83. The Bertz CT molecular complexity index is 459. The van der Waals surface area contributed by atoms with Gasteiger partial charge in [0.25, 0.3) is 0 Å². The summed E-state index contributed by atoms with van der Waals surface area (Å²) in [6.07, 6.45) is 1.47. The second-order valence-electron chi connectivity index (χ2n) is 3.58. The van der Waals surface area contributed by atoms with Gasteiger partial charge in [0.05, 0.1) is 39.4 Å². The molecule has 0 unspecified atom stereocenters. The van der Waals surface area contributed by atoms with Crippen molar-refractivity contribution in [2.75, 3.05) is 40.1 Å². The molecule has 0 atom stereocenters. The molecule has 0 fully saturated rings. The highest BCUT2D eigenvalue weighted by Gasteiger charge is 2.08. The van der Waals surface area contributed by atoms with Gasteiger partial charge in [-0.1, -0.05) is 0 Å². The number of aromatic nitrogens is 2. The molecule has 0 amide bonds. The van der Waals surface area contributed by atoms with Gasteiger partial charge in [-0.25, -0.2) is 4.98 Å². The van der Waals surface area contributed by atoms with Crippen LogP contribution in [0.2, 0.25) is 0 Å². The third kappa shape index (κ3) is 5.06. The summed E-state index contributed by atoms with van der Waals surface area (Å²) in [4.78, 5) is 3.84. The first-order chi connectivity index (χ1) is 9.33. The molecule has 0 saturated heterocycles. The number of nitriles is 2. The molecular weight excluding hydrogens is 248 g/mol. The minimum Gasteiger partial charge on any atom is -0.382 e. The number of ether oxygens (including phenoxy) is 3.